The van der Waals surface area contributed by atoms with Gasteiger partial charge in [-0.1, -0.05) is 25.0 Å². The molecule has 1 fully saturated rings. The number of hydrogen-bond acceptors (Lipinski definition) is 4. The molecule has 1 aliphatic rings. The summed E-state index contributed by atoms with van der Waals surface area (Å²) in [6, 6.07) is 8.92. The molecule has 0 unspecified atom stereocenters. The predicted octanol–water partition coefficient (Wildman–Crippen LogP) is 2.46. The van der Waals surface area contributed by atoms with Gasteiger partial charge in [0.1, 0.15) is 11.4 Å². The lowest BCUT2D eigenvalue weighted by Crippen LogP contribution is -2.33. The Bertz CT molecular complexity index is 777. The molecule has 0 aliphatic carbocycles. The molecule has 0 bridgehead atoms. The molecule has 0 radical (unpaired) electrons. The monoisotopic (exact) mass is 327 g/mol. The molecule has 1 N–H and O–H groups in total. The molecule has 6 nitrogen and oxygen atoms in total. The molecule has 6 heteroatoms. The van der Waals surface area contributed by atoms with Crippen LogP contribution in [-0.4, -0.2) is 41.0 Å². The molecule has 1 aromatic heterocycles. The highest BCUT2D eigenvalue weighted by Gasteiger charge is 2.19. The third kappa shape index (κ3) is 3.64. The maximum absolute atomic E-state index is 12.7. The highest BCUT2D eigenvalue weighted by Crippen LogP contribution is 2.22. The Kier molecular flexibility index (Phi) is 4.93. The Balaban J connectivity index is 1.93. The summed E-state index contributed by atoms with van der Waals surface area (Å²) in [5, 5.41) is 0. The number of amides is 1. The summed E-state index contributed by atoms with van der Waals surface area (Å²) >= 11 is 0. The number of ether oxygens (including phenoxy) is 1. The number of nitrogens with zero attached hydrogens (tertiary/aromatic N) is 2. The van der Waals surface area contributed by atoms with Crippen molar-refractivity contribution in [3.63, 3.8) is 0 Å². The van der Waals surface area contributed by atoms with Gasteiger partial charge in [0.15, 0.2) is 0 Å². The number of carbonyl (C=O) groups excluding carboxylic acids is 1. The molecule has 2 heterocycles. The number of benzene rings is 1. The quantitative estimate of drug-likeness (QED) is 0.939. The van der Waals surface area contributed by atoms with Crippen molar-refractivity contribution in [3.8, 4) is 17.0 Å². The SMILES string of the molecule is COc1cccc(-c2cc(C(=O)N3CCCCCC3)[nH]c(=O)n2)c1. The lowest BCUT2D eigenvalue weighted by Gasteiger charge is -2.20. The van der Waals surface area contributed by atoms with E-state index in [1.165, 1.54) is 0 Å². The average molecular weight is 327 g/mol. The average Bonchev–Trinajstić information content (AvgIpc) is 2.90. The summed E-state index contributed by atoms with van der Waals surface area (Å²) in [5.41, 5.74) is 0.976. The van der Waals surface area contributed by atoms with E-state index in [0.29, 0.717) is 11.4 Å². The Morgan fingerprint density at radius 2 is 1.92 bits per heavy atom. The van der Waals surface area contributed by atoms with E-state index in [1.54, 1.807) is 19.2 Å². The van der Waals surface area contributed by atoms with Crippen LogP contribution in [0.3, 0.4) is 0 Å². The molecular formula is C18H21N3O3. The topological polar surface area (TPSA) is 75.3 Å². The first-order chi connectivity index (χ1) is 11.7. The van der Waals surface area contributed by atoms with Crippen LogP contribution in [-0.2, 0) is 0 Å². The van der Waals surface area contributed by atoms with Crippen molar-refractivity contribution in [2.75, 3.05) is 20.2 Å². The van der Waals surface area contributed by atoms with Crippen LogP contribution in [0.2, 0.25) is 0 Å². The number of carbonyl (C=O) groups is 1. The van der Waals surface area contributed by atoms with Crippen LogP contribution >= 0.6 is 0 Å². The van der Waals surface area contributed by atoms with Crippen molar-refractivity contribution in [1.82, 2.24) is 14.9 Å². The van der Waals surface area contributed by atoms with Gasteiger partial charge in [0.2, 0.25) is 0 Å². The second-order valence-corrected chi connectivity index (χ2v) is 5.92. The van der Waals surface area contributed by atoms with Gasteiger partial charge in [0.25, 0.3) is 5.91 Å². The van der Waals surface area contributed by atoms with Gasteiger partial charge in [-0.05, 0) is 31.0 Å². The van der Waals surface area contributed by atoms with Crippen molar-refractivity contribution in [1.29, 1.82) is 0 Å². The molecule has 2 aromatic rings. The van der Waals surface area contributed by atoms with Crippen LogP contribution in [0.4, 0.5) is 0 Å². The van der Waals surface area contributed by atoms with Gasteiger partial charge in [0, 0.05) is 18.7 Å². The van der Waals surface area contributed by atoms with E-state index in [4.69, 9.17) is 4.74 Å². The molecule has 1 amide bonds. The molecule has 0 spiro atoms. The number of rotatable bonds is 3. The zero-order valence-corrected chi connectivity index (χ0v) is 13.7. The predicted molar refractivity (Wildman–Crippen MR) is 91.2 cm³/mol. The van der Waals surface area contributed by atoms with Gasteiger partial charge in [-0.15, -0.1) is 0 Å². The van der Waals surface area contributed by atoms with Crippen LogP contribution in [0.5, 0.6) is 5.75 Å². The normalized spacial score (nSPS) is 15.0. The minimum Gasteiger partial charge on any atom is -0.497 e. The third-order valence-corrected chi connectivity index (χ3v) is 4.23. The first-order valence-electron chi connectivity index (χ1n) is 8.22. The maximum Gasteiger partial charge on any atom is 0.346 e. The molecule has 3 rings (SSSR count). The Morgan fingerprint density at radius 1 is 1.17 bits per heavy atom. The van der Waals surface area contributed by atoms with Crippen molar-refractivity contribution in [2.45, 2.75) is 25.7 Å². The Hall–Kier alpha value is -2.63. The standard InChI is InChI=1S/C18H21N3O3/c1-24-14-8-6-7-13(11-14)15-12-16(20-18(23)19-15)17(22)21-9-4-2-3-5-10-21/h6-8,11-12H,2-5,9-10H2,1H3,(H,19,20,23). The van der Waals surface area contributed by atoms with Crippen LogP contribution < -0.4 is 10.4 Å². The number of methoxy groups -OCH3 is 1. The summed E-state index contributed by atoms with van der Waals surface area (Å²) in [7, 11) is 1.58. The molecule has 24 heavy (non-hydrogen) atoms. The molecule has 0 saturated carbocycles. The molecule has 1 aromatic carbocycles. The molecule has 1 saturated heterocycles. The second-order valence-electron chi connectivity index (χ2n) is 5.92. The van der Waals surface area contributed by atoms with Crippen molar-refractivity contribution in [2.24, 2.45) is 0 Å². The van der Waals surface area contributed by atoms with Gasteiger partial charge < -0.3 is 14.6 Å². The third-order valence-electron chi connectivity index (χ3n) is 4.23. The van der Waals surface area contributed by atoms with Gasteiger partial charge in [0.05, 0.1) is 12.8 Å². The van der Waals surface area contributed by atoms with Crippen LogP contribution in [0, 0.1) is 0 Å². The van der Waals surface area contributed by atoms with Gasteiger partial charge >= 0.3 is 5.69 Å². The number of hydrogen-bond donors (Lipinski definition) is 1. The summed E-state index contributed by atoms with van der Waals surface area (Å²) in [5.74, 6) is 0.538. The fraction of sp³-hybridized carbons (Fsp3) is 0.389. The van der Waals surface area contributed by atoms with E-state index in [9.17, 15) is 9.59 Å². The molecule has 126 valence electrons. The fourth-order valence-electron chi connectivity index (χ4n) is 2.95. The van der Waals surface area contributed by atoms with E-state index in [2.05, 4.69) is 9.97 Å². The number of H-pyrrole nitrogens is 1. The van der Waals surface area contributed by atoms with Gasteiger partial charge in [-0.2, -0.15) is 4.98 Å². The number of aromatic amines is 1. The number of aromatic nitrogens is 2. The summed E-state index contributed by atoms with van der Waals surface area (Å²) in [6.07, 6.45) is 4.30. The largest absolute Gasteiger partial charge is 0.497 e. The van der Waals surface area contributed by atoms with E-state index in [-0.39, 0.29) is 11.6 Å². The minimum absolute atomic E-state index is 0.138. The number of nitrogens with one attached hydrogen (secondary N) is 1. The first-order valence-corrected chi connectivity index (χ1v) is 8.22. The highest BCUT2D eigenvalue weighted by molar-refractivity contribution is 5.93. The highest BCUT2D eigenvalue weighted by atomic mass is 16.5. The summed E-state index contributed by atoms with van der Waals surface area (Å²) < 4.78 is 5.20. The first kappa shape index (κ1) is 16.2. The maximum atomic E-state index is 12.7. The minimum atomic E-state index is -0.520. The Morgan fingerprint density at radius 3 is 2.62 bits per heavy atom. The van der Waals surface area contributed by atoms with E-state index < -0.39 is 5.69 Å². The fourth-order valence-corrected chi connectivity index (χ4v) is 2.95. The van der Waals surface area contributed by atoms with E-state index in [0.717, 1.165) is 44.3 Å². The van der Waals surface area contributed by atoms with Gasteiger partial charge in [-0.25, -0.2) is 4.79 Å². The summed E-state index contributed by atoms with van der Waals surface area (Å²) in [4.78, 5) is 33.0. The lowest BCUT2D eigenvalue weighted by molar-refractivity contribution is 0.0755. The van der Waals surface area contributed by atoms with Crippen molar-refractivity contribution < 1.29 is 9.53 Å². The van der Waals surface area contributed by atoms with E-state index in [1.807, 2.05) is 23.1 Å². The van der Waals surface area contributed by atoms with Gasteiger partial charge in [-0.3, -0.25) is 4.79 Å². The van der Waals surface area contributed by atoms with Crippen molar-refractivity contribution >= 4 is 5.91 Å². The van der Waals surface area contributed by atoms with Crippen LogP contribution in [0.15, 0.2) is 35.1 Å². The number of likely N-dealkylation sites (tertiary alicyclic amines) is 1. The molecular weight excluding hydrogens is 306 g/mol. The van der Waals surface area contributed by atoms with Crippen LogP contribution in [0.1, 0.15) is 36.2 Å². The lowest BCUT2D eigenvalue weighted by atomic mass is 10.1. The zero-order valence-electron chi connectivity index (χ0n) is 13.7. The summed E-state index contributed by atoms with van der Waals surface area (Å²) in [6.45, 7) is 1.47. The second kappa shape index (κ2) is 7.29. The Labute approximate surface area is 140 Å². The van der Waals surface area contributed by atoms with Crippen LogP contribution in [0.25, 0.3) is 11.3 Å². The molecule has 1 aliphatic heterocycles. The molecule has 0 atom stereocenters. The smallest absolute Gasteiger partial charge is 0.346 e. The zero-order chi connectivity index (χ0) is 16.9. The van der Waals surface area contributed by atoms with Crippen molar-refractivity contribution in [3.05, 3.63) is 46.5 Å². The van der Waals surface area contributed by atoms with E-state index >= 15 is 0 Å².